The summed E-state index contributed by atoms with van der Waals surface area (Å²) >= 11 is 0. The number of hydrogen-bond donors (Lipinski definition) is 2. The van der Waals surface area contributed by atoms with Crippen molar-refractivity contribution in [2.45, 2.75) is 26.7 Å². The molecule has 0 saturated carbocycles. The summed E-state index contributed by atoms with van der Waals surface area (Å²) in [5, 5.41) is 5.35. The van der Waals surface area contributed by atoms with Crippen LogP contribution in [-0.2, 0) is 30.8 Å². The molecule has 0 aliphatic rings. The summed E-state index contributed by atoms with van der Waals surface area (Å²) < 4.78 is 19.9. The van der Waals surface area contributed by atoms with Crippen LogP contribution in [0.2, 0.25) is 0 Å². The van der Waals surface area contributed by atoms with Crippen molar-refractivity contribution in [1.82, 2.24) is 9.55 Å². The van der Waals surface area contributed by atoms with Crippen molar-refractivity contribution in [2.24, 2.45) is 12.2 Å². The maximum Gasteiger partial charge on any atom is 0.198 e. The number of rotatable bonds is 3. The van der Waals surface area contributed by atoms with Crippen molar-refractivity contribution < 1.29 is 8.42 Å². The van der Waals surface area contributed by atoms with Gasteiger partial charge in [0.25, 0.3) is 0 Å². The van der Waals surface area contributed by atoms with Crippen LogP contribution in [-0.4, -0.2) is 18.0 Å². The predicted octanol–water partition coefficient (Wildman–Crippen LogP) is 2.84. The lowest BCUT2D eigenvalue weighted by Gasteiger charge is -2.09. The van der Waals surface area contributed by atoms with Crippen LogP contribution in [0, 0.1) is 0 Å². The number of fused-ring (bicyclic) bond motifs is 1. The smallest absolute Gasteiger partial charge is 0.198 e. The highest BCUT2D eigenvalue weighted by molar-refractivity contribution is 7.69. The number of aryl methyl sites for hydroxylation is 3. The Hall–Kier alpha value is -2.18. The number of para-hydroxylation sites is 1. The van der Waals surface area contributed by atoms with Crippen LogP contribution < -0.4 is 5.14 Å². The van der Waals surface area contributed by atoms with E-state index in [0.29, 0.717) is 0 Å². The van der Waals surface area contributed by atoms with E-state index >= 15 is 0 Å². The number of nitrogens with zero attached hydrogens (tertiary/aromatic N) is 2. The van der Waals surface area contributed by atoms with Crippen LogP contribution in [0.1, 0.15) is 25.1 Å². The van der Waals surface area contributed by atoms with Gasteiger partial charge < -0.3 is 4.57 Å². The van der Waals surface area contributed by atoms with Crippen molar-refractivity contribution >= 4 is 21.8 Å². The van der Waals surface area contributed by atoms with E-state index in [1.165, 1.54) is 33.4 Å². The molecule has 0 amide bonds. The van der Waals surface area contributed by atoms with Gasteiger partial charge in [0.1, 0.15) is 0 Å². The maximum atomic E-state index is 8.81. The van der Waals surface area contributed by atoms with Crippen molar-refractivity contribution in [3.63, 3.8) is 0 Å². The Morgan fingerprint density at radius 3 is 2.38 bits per heavy atom. The molecule has 0 atom stereocenters. The Balaban J connectivity index is 0.000000471. The van der Waals surface area contributed by atoms with Crippen LogP contribution in [0.15, 0.2) is 42.6 Å². The third-order valence-corrected chi connectivity index (χ3v) is 4.02. The van der Waals surface area contributed by atoms with Crippen LogP contribution in [0.4, 0.5) is 0 Å². The number of benzene rings is 1. The van der Waals surface area contributed by atoms with Crippen LogP contribution >= 0.6 is 0 Å². The second kappa shape index (κ2) is 8.08. The van der Waals surface area contributed by atoms with E-state index in [1.54, 1.807) is 0 Å². The molecule has 2 aromatic heterocycles. The number of thiol groups is 1. The molecule has 0 spiro atoms. The van der Waals surface area contributed by atoms with Crippen molar-refractivity contribution in [1.29, 1.82) is 0 Å². The topological polar surface area (TPSA) is 78.0 Å². The van der Waals surface area contributed by atoms with E-state index in [1.807, 2.05) is 6.20 Å². The van der Waals surface area contributed by atoms with E-state index in [2.05, 4.69) is 72.0 Å². The zero-order valence-corrected chi connectivity index (χ0v) is 15.1. The van der Waals surface area contributed by atoms with Gasteiger partial charge in [-0.3, -0.25) is 4.98 Å². The molecule has 0 radical (unpaired) electrons. The van der Waals surface area contributed by atoms with E-state index in [0.717, 1.165) is 12.8 Å². The lowest BCUT2D eigenvalue weighted by atomic mass is 10.1. The summed E-state index contributed by atoms with van der Waals surface area (Å²) in [6, 6.07) is 13.0. The largest absolute Gasteiger partial charge is 0.344 e. The lowest BCUT2D eigenvalue weighted by Crippen LogP contribution is -1.98. The number of aromatic nitrogens is 2. The Morgan fingerprint density at radius 2 is 1.79 bits per heavy atom. The van der Waals surface area contributed by atoms with Crippen LogP contribution in [0.3, 0.4) is 0 Å². The quantitative estimate of drug-likeness (QED) is 0.717. The van der Waals surface area contributed by atoms with Gasteiger partial charge in [0.15, 0.2) is 10.9 Å². The average Bonchev–Trinajstić information content (AvgIpc) is 2.91. The van der Waals surface area contributed by atoms with Gasteiger partial charge in [-0.05, 0) is 36.6 Å². The molecule has 5 nitrogen and oxygen atoms in total. The van der Waals surface area contributed by atoms with E-state index in [9.17, 15) is 0 Å². The molecule has 0 fully saturated rings. The molecule has 24 heavy (non-hydrogen) atoms. The monoisotopic (exact) mass is 345 g/mol. The van der Waals surface area contributed by atoms with Crippen molar-refractivity contribution in [3.8, 4) is 11.3 Å². The SMILES string of the molecule is CCc1cc(-c2cc3ccccc3n2C)cnc1CC.N[SH](=O)=O. The molecule has 0 unspecified atom stereocenters. The number of pyridine rings is 1. The standard InChI is InChI=1S/C18H20N2.H3NO2S/c1-4-13-10-15(12-19-16(13)5-2)18-11-14-8-6-7-9-17(14)20(18)3;1-4(2)3/h6-12H,4-5H2,1-3H3;4H,(H2,1,2,3). The predicted molar refractivity (Wildman–Crippen MR) is 99.4 cm³/mol. The van der Waals surface area contributed by atoms with E-state index in [-0.39, 0.29) is 0 Å². The normalized spacial score (nSPS) is 10.7. The Labute approximate surface area is 144 Å². The minimum absolute atomic E-state index is 0.999. The molecule has 128 valence electrons. The van der Waals surface area contributed by atoms with Crippen molar-refractivity contribution in [2.75, 3.05) is 0 Å². The molecule has 0 saturated heterocycles. The third kappa shape index (κ3) is 4.01. The minimum Gasteiger partial charge on any atom is -0.344 e. The first kappa shape index (κ1) is 18.2. The first-order chi connectivity index (χ1) is 11.5. The Kier molecular flexibility index (Phi) is 6.11. The zero-order valence-electron chi connectivity index (χ0n) is 14.2. The summed E-state index contributed by atoms with van der Waals surface area (Å²) in [4.78, 5) is 4.64. The highest BCUT2D eigenvalue weighted by atomic mass is 32.2. The molecular formula is C18H23N3O2S. The van der Waals surface area contributed by atoms with Crippen molar-refractivity contribution in [3.05, 3.63) is 53.9 Å². The van der Waals surface area contributed by atoms with E-state index < -0.39 is 10.9 Å². The van der Waals surface area contributed by atoms with Gasteiger partial charge in [0, 0.05) is 35.4 Å². The Bertz CT molecular complexity index is 906. The summed E-state index contributed by atoms with van der Waals surface area (Å²) in [6.45, 7) is 4.36. The highest BCUT2D eigenvalue weighted by Crippen LogP contribution is 2.28. The summed E-state index contributed by atoms with van der Waals surface area (Å²) in [5.74, 6) is 0. The van der Waals surface area contributed by atoms with Crippen LogP contribution in [0.25, 0.3) is 22.2 Å². The fourth-order valence-electron chi connectivity index (χ4n) is 2.87. The number of hydrogen-bond acceptors (Lipinski definition) is 3. The molecule has 0 aliphatic carbocycles. The highest BCUT2D eigenvalue weighted by Gasteiger charge is 2.10. The first-order valence-electron chi connectivity index (χ1n) is 7.89. The van der Waals surface area contributed by atoms with Gasteiger partial charge in [-0.2, -0.15) is 0 Å². The molecule has 1 aromatic carbocycles. The fraction of sp³-hybridized carbons (Fsp3) is 0.278. The van der Waals surface area contributed by atoms with Gasteiger partial charge in [0.05, 0.1) is 5.69 Å². The van der Waals surface area contributed by atoms with E-state index in [4.69, 9.17) is 8.42 Å². The molecule has 2 heterocycles. The van der Waals surface area contributed by atoms with Gasteiger partial charge in [-0.25, -0.2) is 13.6 Å². The molecule has 0 bridgehead atoms. The van der Waals surface area contributed by atoms with Gasteiger partial charge >= 0.3 is 0 Å². The molecular weight excluding hydrogens is 322 g/mol. The average molecular weight is 345 g/mol. The van der Waals surface area contributed by atoms with Gasteiger partial charge in [0.2, 0.25) is 0 Å². The molecule has 3 aromatic rings. The molecule has 0 aliphatic heterocycles. The summed E-state index contributed by atoms with van der Waals surface area (Å²) in [7, 11) is -0.498. The lowest BCUT2D eigenvalue weighted by molar-refractivity contribution is 0.616. The Morgan fingerprint density at radius 1 is 1.12 bits per heavy atom. The van der Waals surface area contributed by atoms with Gasteiger partial charge in [-0.1, -0.05) is 32.0 Å². The summed E-state index contributed by atoms with van der Waals surface area (Å²) in [6.07, 6.45) is 4.04. The number of nitrogens with two attached hydrogens (primary N) is 1. The summed E-state index contributed by atoms with van der Waals surface area (Å²) in [5.41, 5.74) is 6.28. The zero-order chi connectivity index (χ0) is 17.7. The third-order valence-electron chi connectivity index (χ3n) is 4.02. The van der Waals surface area contributed by atoms with Gasteiger partial charge in [-0.15, -0.1) is 0 Å². The molecule has 3 rings (SSSR count). The minimum atomic E-state index is -2.62. The van der Waals surface area contributed by atoms with Crippen LogP contribution in [0.5, 0.6) is 0 Å². The maximum absolute atomic E-state index is 8.81. The fourth-order valence-corrected chi connectivity index (χ4v) is 2.87. The second-order valence-corrected chi connectivity index (χ2v) is 6.04. The second-order valence-electron chi connectivity index (χ2n) is 5.47. The molecule has 2 N–H and O–H groups in total. The molecule has 6 heteroatoms. The first-order valence-corrected chi connectivity index (χ1v) is 9.14.